The molecule has 0 radical (unpaired) electrons. The lowest BCUT2D eigenvalue weighted by molar-refractivity contribution is -0.132. The number of fused-ring (bicyclic) bond motifs is 1. The van der Waals surface area contributed by atoms with Gasteiger partial charge in [-0.2, -0.15) is 0 Å². The van der Waals surface area contributed by atoms with Gasteiger partial charge in [0.15, 0.2) is 0 Å². The summed E-state index contributed by atoms with van der Waals surface area (Å²) in [5.41, 5.74) is 2.40. The highest BCUT2D eigenvalue weighted by molar-refractivity contribution is 5.76. The molecule has 0 saturated heterocycles. The van der Waals surface area contributed by atoms with Crippen LogP contribution in [-0.2, 0) is 24.2 Å². The molecule has 0 saturated carbocycles. The van der Waals surface area contributed by atoms with Crippen LogP contribution in [0.25, 0.3) is 0 Å². The molecule has 0 fully saturated rings. The largest absolute Gasteiger partial charge is 0.361 e. The number of aryl methyl sites for hydroxylation is 1. The topological polar surface area (TPSA) is 46.3 Å². The van der Waals surface area contributed by atoms with E-state index in [1.165, 1.54) is 5.56 Å². The van der Waals surface area contributed by atoms with Crippen molar-refractivity contribution in [3.8, 4) is 0 Å². The van der Waals surface area contributed by atoms with Gasteiger partial charge in [-0.15, -0.1) is 0 Å². The fourth-order valence-electron chi connectivity index (χ4n) is 2.76. The van der Waals surface area contributed by atoms with Crippen LogP contribution in [0.5, 0.6) is 0 Å². The van der Waals surface area contributed by atoms with Gasteiger partial charge in [0, 0.05) is 24.9 Å². The van der Waals surface area contributed by atoms with Crippen LogP contribution in [0.3, 0.4) is 0 Å². The van der Waals surface area contributed by atoms with Crippen molar-refractivity contribution in [2.24, 2.45) is 0 Å². The number of benzene rings is 1. The lowest BCUT2D eigenvalue weighted by Crippen LogP contribution is -2.35. The van der Waals surface area contributed by atoms with Crippen LogP contribution in [0.1, 0.15) is 36.1 Å². The minimum Gasteiger partial charge on any atom is -0.361 e. The highest BCUT2D eigenvalue weighted by Gasteiger charge is 2.22. The van der Waals surface area contributed by atoms with Crippen LogP contribution in [0.15, 0.2) is 41.1 Å². The Bertz CT molecular complexity index is 592. The molecule has 2 aromatic rings. The van der Waals surface area contributed by atoms with Crippen molar-refractivity contribution in [2.45, 2.75) is 38.6 Å². The zero-order valence-electron chi connectivity index (χ0n) is 12.1. The third-order valence-electron chi connectivity index (χ3n) is 4.00. The van der Waals surface area contributed by atoms with Crippen molar-refractivity contribution >= 4 is 5.91 Å². The molecule has 3 rings (SSSR count). The molecule has 1 aromatic carbocycles. The second kappa shape index (κ2) is 6.57. The maximum atomic E-state index is 12.2. The molecule has 0 spiro atoms. The first-order chi connectivity index (χ1) is 10.3. The van der Waals surface area contributed by atoms with E-state index in [4.69, 9.17) is 4.52 Å². The Morgan fingerprint density at radius 3 is 2.95 bits per heavy atom. The highest BCUT2D eigenvalue weighted by atomic mass is 16.5. The van der Waals surface area contributed by atoms with E-state index >= 15 is 0 Å². The van der Waals surface area contributed by atoms with E-state index < -0.39 is 0 Å². The Labute approximate surface area is 124 Å². The van der Waals surface area contributed by atoms with E-state index in [0.29, 0.717) is 13.0 Å². The molecule has 4 heteroatoms. The van der Waals surface area contributed by atoms with Gasteiger partial charge in [-0.1, -0.05) is 35.5 Å². The van der Waals surface area contributed by atoms with E-state index in [2.05, 4.69) is 29.4 Å². The fourth-order valence-corrected chi connectivity index (χ4v) is 2.76. The van der Waals surface area contributed by atoms with Crippen molar-refractivity contribution in [1.82, 2.24) is 10.1 Å². The van der Waals surface area contributed by atoms with Gasteiger partial charge >= 0.3 is 0 Å². The van der Waals surface area contributed by atoms with Crippen LogP contribution in [0, 0.1) is 0 Å². The Morgan fingerprint density at radius 1 is 1.24 bits per heavy atom. The first-order valence-electron chi connectivity index (χ1n) is 7.57. The quantitative estimate of drug-likeness (QED) is 0.793. The van der Waals surface area contributed by atoms with Crippen LogP contribution in [-0.4, -0.2) is 22.5 Å². The van der Waals surface area contributed by atoms with Crippen LogP contribution in [0.2, 0.25) is 0 Å². The molecule has 1 aliphatic heterocycles. The molecule has 0 atom stereocenters. The molecule has 110 valence electrons. The van der Waals surface area contributed by atoms with Gasteiger partial charge in [0.05, 0.1) is 12.7 Å². The molecule has 2 heterocycles. The Balaban J connectivity index is 1.41. The van der Waals surface area contributed by atoms with E-state index in [1.54, 1.807) is 6.20 Å². The van der Waals surface area contributed by atoms with Crippen LogP contribution < -0.4 is 0 Å². The van der Waals surface area contributed by atoms with E-state index in [-0.39, 0.29) is 5.91 Å². The maximum absolute atomic E-state index is 12.2. The van der Waals surface area contributed by atoms with Crippen molar-refractivity contribution in [3.63, 3.8) is 0 Å². The van der Waals surface area contributed by atoms with Gasteiger partial charge in [0.2, 0.25) is 5.91 Å². The van der Waals surface area contributed by atoms with E-state index in [9.17, 15) is 4.79 Å². The molecule has 0 unspecified atom stereocenters. The average Bonchev–Trinajstić information content (AvgIpc) is 3.00. The van der Waals surface area contributed by atoms with Crippen LogP contribution in [0.4, 0.5) is 0 Å². The van der Waals surface area contributed by atoms with Gasteiger partial charge in [-0.25, -0.2) is 0 Å². The number of unbranched alkanes of at least 4 members (excludes halogenated alkanes) is 1. The fraction of sp³-hybridized carbons (Fsp3) is 0.412. The smallest absolute Gasteiger partial charge is 0.222 e. The van der Waals surface area contributed by atoms with Crippen molar-refractivity contribution in [1.29, 1.82) is 0 Å². The Morgan fingerprint density at radius 2 is 2.10 bits per heavy atom. The highest BCUT2D eigenvalue weighted by Crippen LogP contribution is 2.19. The van der Waals surface area contributed by atoms with Crippen molar-refractivity contribution in [3.05, 3.63) is 53.4 Å². The minimum absolute atomic E-state index is 0.245. The summed E-state index contributed by atoms with van der Waals surface area (Å²) in [6, 6.07) is 10.4. The third-order valence-corrected chi connectivity index (χ3v) is 4.00. The summed E-state index contributed by atoms with van der Waals surface area (Å²) in [7, 11) is 0. The van der Waals surface area contributed by atoms with Crippen LogP contribution >= 0.6 is 0 Å². The normalized spacial score (nSPS) is 14.0. The molecule has 1 aliphatic rings. The molecule has 21 heavy (non-hydrogen) atoms. The van der Waals surface area contributed by atoms with Gasteiger partial charge in [0.1, 0.15) is 5.76 Å². The minimum atomic E-state index is 0.245. The lowest BCUT2D eigenvalue weighted by Gasteiger charge is -2.25. The standard InChI is InChI=1S/C17H20N2O2/c20-17(9-5-4-8-14-6-2-1-3-7-14)19-11-10-16-15(13-19)12-18-21-16/h1-3,6-7,12H,4-5,8-11,13H2. The second-order valence-corrected chi connectivity index (χ2v) is 5.53. The molecular formula is C17H20N2O2. The number of rotatable bonds is 5. The monoisotopic (exact) mass is 284 g/mol. The first-order valence-corrected chi connectivity index (χ1v) is 7.57. The summed E-state index contributed by atoms with van der Waals surface area (Å²) in [5.74, 6) is 1.18. The predicted molar refractivity (Wildman–Crippen MR) is 79.6 cm³/mol. The first kappa shape index (κ1) is 13.9. The van der Waals surface area contributed by atoms with Gasteiger partial charge in [-0.3, -0.25) is 4.79 Å². The van der Waals surface area contributed by atoms with E-state index in [0.717, 1.165) is 43.6 Å². The number of aromatic nitrogens is 1. The maximum Gasteiger partial charge on any atom is 0.222 e. The molecule has 0 bridgehead atoms. The molecule has 4 nitrogen and oxygen atoms in total. The number of nitrogens with zero attached hydrogens (tertiary/aromatic N) is 2. The summed E-state index contributed by atoms with van der Waals surface area (Å²) < 4.78 is 5.14. The van der Waals surface area contributed by atoms with Crippen molar-refractivity contribution < 1.29 is 9.32 Å². The average molecular weight is 284 g/mol. The Kier molecular flexibility index (Phi) is 4.34. The zero-order valence-corrected chi connectivity index (χ0v) is 12.1. The Hall–Kier alpha value is -2.10. The lowest BCUT2D eigenvalue weighted by atomic mass is 10.1. The van der Waals surface area contributed by atoms with Gasteiger partial charge in [-0.05, 0) is 24.8 Å². The second-order valence-electron chi connectivity index (χ2n) is 5.53. The predicted octanol–water partition coefficient (Wildman–Crippen LogP) is 2.97. The number of amides is 1. The molecule has 1 amide bonds. The molecule has 0 N–H and O–H groups in total. The SMILES string of the molecule is O=C(CCCCc1ccccc1)N1CCc2oncc2C1. The third kappa shape index (κ3) is 3.51. The summed E-state index contributed by atoms with van der Waals surface area (Å²) in [6.07, 6.45) is 6.19. The van der Waals surface area contributed by atoms with Gasteiger partial charge in [0.25, 0.3) is 0 Å². The number of hydrogen-bond donors (Lipinski definition) is 0. The molecule has 0 aliphatic carbocycles. The summed E-state index contributed by atoms with van der Waals surface area (Å²) in [4.78, 5) is 14.1. The summed E-state index contributed by atoms with van der Waals surface area (Å²) in [5, 5.41) is 3.79. The number of carbonyl (C=O) groups is 1. The van der Waals surface area contributed by atoms with Gasteiger partial charge < -0.3 is 9.42 Å². The summed E-state index contributed by atoms with van der Waals surface area (Å²) in [6.45, 7) is 1.40. The van der Waals surface area contributed by atoms with Crippen molar-refractivity contribution in [2.75, 3.05) is 6.54 Å². The molecular weight excluding hydrogens is 264 g/mol. The number of hydrogen-bond acceptors (Lipinski definition) is 3. The van der Waals surface area contributed by atoms with E-state index in [1.807, 2.05) is 11.0 Å². The molecule has 1 aromatic heterocycles. The summed E-state index contributed by atoms with van der Waals surface area (Å²) >= 11 is 0. The zero-order chi connectivity index (χ0) is 14.5. The number of carbonyl (C=O) groups excluding carboxylic acids is 1.